The molecule has 3 rings (SSSR count). The van der Waals surface area contributed by atoms with E-state index in [0.717, 1.165) is 32.5 Å². The topological polar surface area (TPSA) is 69.6 Å². The number of nitrogens with zero attached hydrogens (tertiary/aromatic N) is 1. The Morgan fingerprint density at radius 3 is 2.44 bits per heavy atom. The highest BCUT2D eigenvalue weighted by molar-refractivity contribution is 5.95. The monoisotopic (exact) mass is 338 g/mol. The Labute approximate surface area is 147 Å². The van der Waals surface area contributed by atoms with Gasteiger partial charge in [-0.15, -0.1) is 0 Å². The average Bonchev–Trinajstić information content (AvgIpc) is 2.63. The molecule has 5 nitrogen and oxygen atoms in total. The van der Waals surface area contributed by atoms with Crippen LogP contribution in [0.2, 0.25) is 0 Å². The molecule has 1 heterocycles. The Balaban J connectivity index is 1.51. The van der Waals surface area contributed by atoms with Crippen molar-refractivity contribution < 1.29 is 14.7 Å². The zero-order valence-corrected chi connectivity index (χ0v) is 14.0. The van der Waals surface area contributed by atoms with E-state index < -0.39 is 5.97 Å². The van der Waals surface area contributed by atoms with Crippen LogP contribution in [0.3, 0.4) is 0 Å². The minimum atomic E-state index is -0.995. The molecule has 25 heavy (non-hydrogen) atoms. The summed E-state index contributed by atoms with van der Waals surface area (Å²) < 4.78 is 0. The van der Waals surface area contributed by atoms with Gasteiger partial charge in [0.2, 0.25) is 5.91 Å². The SMILES string of the molecule is O=C(O)c1cccc(NC(=O)C2CCN(Cc3ccccc3)CC2)c1. The van der Waals surface area contributed by atoms with Crippen LogP contribution >= 0.6 is 0 Å². The largest absolute Gasteiger partial charge is 0.478 e. The first-order valence-corrected chi connectivity index (χ1v) is 8.52. The summed E-state index contributed by atoms with van der Waals surface area (Å²) >= 11 is 0. The maximum atomic E-state index is 12.4. The zero-order chi connectivity index (χ0) is 17.6. The van der Waals surface area contributed by atoms with E-state index in [9.17, 15) is 9.59 Å². The Bertz CT molecular complexity index is 738. The van der Waals surface area contributed by atoms with E-state index >= 15 is 0 Å². The van der Waals surface area contributed by atoms with Crippen molar-refractivity contribution in [3.8, 4) is 0 Å². The van der Waals surface area contributed by atoms with Crippen molar-refractivity contribution in [3.63, 3.8) is 0 Å². The van der Waals surface area contributed by atoms with Gasteiger partial charge in [0.25, 0.3) is 0 Å². The molecular weight excluding hydrogens is 316 g/mol. The molecule has 2 aromatic carbocycles. The minimum absolute atomic E-state index is 0.0260. The van der Waals surface area contributed by atoms with Gasteiger partial charge in [0.15, 0.2) is 0 Å². The number of benzene rings is 2. The summed E-state index contributed by atoms with van der Waals surface area (Å²) in [6, 6.07) is 16.7. The van der Waals surface area contributed by atoms with E-state index in [1.807, 2.05) is 18.2 Å². The van der Waals surface area contributed by atoms with Crippen LogP contribution in [0.15, 0.2) is 54.6 Å². The molecule has 1 amide bonds. The third kappa shape index (κ3) is 4.67. The molecule has 2 N–H and O–H groups in total. The molecule has 130 valence electrons. The molecule has 1 aliphatic heterocycles. The molecule has 0 radical (unpaired) electrons. The number of hydrogen-bond acceptors (Lipinski definition) is 3. The lowest BCUT2D eigenvalue weighted by atomic mass is 9.95. The van der Waals surface area contributed by atoms with Gasteiger partial charge in [-0.05, 0) is 49.7 Å². The minimum Gasteiger partial charge on any atom is -0.478 e. The zero-order valence-electron chi connectivity index (χ0n) is 14.0. The fraction of sp³-hybridized carbons (Fsp3) is 0.300. The fourth-order valence-electron chi connectivity index (χ4n) is 3.17. The summed E-state index contributed by atoms with van der Waals surface area (Å²) in [6.07, 6.45) is 1.63. The first-order chi connectivity index (χ1) is 12.1. The predicted octanol–water partition coefficient (Wildman–Crippen LogP) is 3.24. The highest BCUT2D eigenvalue weighted by Crippen LogP contribution is 2.21. The number of nitrogens with one attached hydrogen (secondary N) is 1. The smallest absolute Gasteiger partial charge is 0.335 e. The maximum Gasteiger partial charge on any atom is 0.335 e. The van der Waals surface area contributed by atoms with Crippen LogP contribution in [0.1, 0.15) is 28.8 Å². The lowest BCUT2D eigenvalue weighted by molar-refractivity contribution is -0.121. The Kier molecular flexibility index (Phi) is 5.46. The van der Waals surface area contributed by atoms with Gasteiger partial charge in [-0.2, -0.15) is 0 Å². The Morgan fingerprint density at radius 1 is 1.04 bits per heavy atom. The number of rotatable bonds is 5. The van der Waals surface area contributed by atoms with Crippen molar-refractivity contribution in [2.24, 2.45) is 5.92 Å². The van der Waals surface area contributed by atoms with Crippen LogP contribution < -0.4 is 5.32 Å². The van der Waals surface area contributed by atoms with Crippen LogP contribution in [0.25, 0.3) is 0 Å². The summed E-state index contributed by atoms with van der Waals surface area (Å²) in [6.45, 7) is 2.69. The second-order valence-electron chi connectivity index (χ2n) is 6.41. The lowest BCUT2D eigenvalue weighted by Gasteiger charge is -2.31. The standard InChI is InChI=1S/C20H22N2O3/c23-19(21-18-8-4-7-17(13-18)20(24)25)16-9-11-22(12-10-16)14-15-5-2-1-3-6-15/h1-8,13,16H,9-12,14H2,(H,21,23)(H,24,25). The average molecular weight is 338 g/mol. The molecule has 0 saturated carbocycles. The number of carboxylic acid groups (broad SMARTS) is 1. The van der Waals surface area contributed by atoms with E-state index in [2.05, 4.69) is 22.3 Å². The van der Waals surface area contributed by atoms with Crippen molar-refractivity contribution in [3.05, 3.63) is 65.7 Å². The maximum absolute atomic E-state index is 12.4. The van der Waals surface area contributed by atoms with Crippen molar-refractivity contribution in [2.45, 2.75) is 19.4 Å². The molecule has 0 unspecified atom stereocenters. The third-order valence-electron chi connectivity index (χ3n) is 4.58. The van der Waals surface area contributed by atoms with E-state index in [1.54, 1.807) is 12.1 Å². The number of carbonyl (C=O) groups is 2. The number of piperidine rings is 1. The molecule has 0 aromatic heterocycles. The van der Waals surface area contributed by atoms with Gasteiger partial charge in [-0.3, -0.25) is 9.69 Å². The Morgan fingerprint density at radius 2 is 1.76 bits per heavy atom. The van der Waals surface area contributed by atoms with E-state index in [-0.39, 0.29) is 17.4 Å². The first-order valence-electron chi connectivity index (χ1n) is 8.52. The highest BCUT2D eigenvalue weighted by Gasteiger charge is 2.25. The fourth-order valence-corrected chi connectivity index (χ4v) is 3.17. The number of anilines is 1. The summed E-state index contributed by atoms with van der Waals surface area (Å²) in [4.78, 5) is 25.8. The van der Waals surface area contributed by atoms with Gasteiger partial charge in [0.05, 0.1) is 5.56 Å². The number of likely N-dealkylation sites (tertiary alicyclic amines) is 1. The molecular formula is C20H22N2O3. The highest BCUT2D eigenvalue weighted by atomic mass is 16.4. The number of hydrogen-bond donors (Lipinski definition) is 2. The number of amides is 1. The molecule has 1 fully saturated rings. The second kappa shape index (κ2) is 7.94. The Hall–Kier alpha value is -2.66. The number of carboxylic acids is 1. The number of carbonyl (C=O) groups excluding carboxylic acids is 1. The molecule has 1 aliphatic rings. The summed E-state index contributed by atoms with van der Waals surface area (Å²) in [5.41, 5.74) is 2.00. The molecule has 0 bridgehead atoms. The third-order valence-corrected chi connectivity index (χ3v) is 4.58. The lowest BCUT2D eigenvalue weighted by Crippen LogP contribution is -2.37. The van der Waals surface area contributed by atoms with Gasteiger partial charge in [0.1, 0.15) is 0 Å². The van der Waals surface area contributed by atoms with E-state index in [1.165, 1.54) is 17.7 Å². The summed E-state index contributed by atoms with van der Waals surface area (Å²) in [5.74, 6) is -1.05. The normalized spacial score (nSPS) is 15.7. The van der Waals surface area contributed by atoms with Gasteiger partial charge in [-0.25, -0.2) is 4.79 Å². The van der Waals surface area contributed by atoms with Crippen molar-refractivity contribution in [1.29, 1.82) is 0 Å². The van der Waals surface area contributed by atoms with Gasteiger partial charge >= 0.3 is 5.97 Å². The van der Waals surface area contributed by atoms with Crippen LogP contribution in [0.4, 0.5) is 5.69 Å². The van der Waals surface area contributed by atoms with Crippen LogP contribution in [0, 0.1) is 5.92 Å². The number of aromatic carboxylic acids is 1. The van der Waals surface area contributed by atoms with Crippen molar-refractivity contribution in [2.75, 3.05) is 18.4 Å². The summed E-state index contributed by atoms with van der Waals surface area (Å²) in [7, 11) is 0. The predicted molar refractivity (Wildman–Crippen MR) is 96.5 cm³/mol. The molecule has 5 heteroatoms. The second-order valence-corrected chi connectivity index (χ2v) is 6.41. The van der Waals surface area contributed by atoms with Gasteiger partial charge in [0, 0.05) is 18.2 Å². The van der Waals surface area contributed by atoms with Crippen LogP contribution in [-0.4, -0.2) is 35.0 Å². The van der Waals surface area contributed by atoms with Gasteiger partial charge < -0.3 is 10.4 Å². The quantitative estimate of drug-likeness (QED) is 0.878. The van der Waals surface area contributed by atoms with Crippen molar-refractivity contribution >= 4 is 17.6 Å². The van der Waals surface area contributed by atoms with Crippen LogP contribution in [-0.2, 0) is 11.3 Å². The molecule has 0 spiro atoms. The van der Waals surface area contributed by atoms with Crippen molar-refractivity contribution in [1.82, 2.24) is 4.90 Å². The summed E-state index contributed by atoms with van der Waals surface area (Å²) in [5, 5.41) is 11.9. The molecule has 0 atom stereocenters. The molecule has 0 aliphatic carbocycles. The molecule has 2 aromatic rings. The van der Waals surface area contributed by atoms with E-state index in [0.29, 0.717) is 5.69 Å². The van der Waals surface area contributed by atoms with Gasteiger partial charge in [-0.1, -0.05) is 36.4 Å². The van der Waals surface area contributed by atoms with E-state index in [4.69, 9.17) is 5.11 Å². The molecule has 1 saturated heterocycles. The van der Waals surface area contributed by atoms with Crippen LogP contribution in [0.5, 0.6) is 0 Å². The first kappa shape index (κ1) is 17.2.